The minimum atomic E-state index is -4.69. The second-order valence-corrected chi connectivity index (χ2v) is 7.74. The molecule has 1 aliphatic rings. The number of allylic oxidation sites excluding steroid dienone is 1. The molecule has 1 heterocycles. The summed E-state index contributed by atoms with van der Waals surface area (Å²) in [5.41, 5.74) is -1.62. The van der Waals surface area contributed by atoms with E-state index >= 15 is 0 Å². The largest absolute Gasteiger partial charge is 0.466 e. The molecular formula is C24H23F6N3O2. The molecule has 2 aromatic rings. The van der Waals surface area contributed by atoms with Crippen LogP contribution in [-0.4, -0.2) is 30.5 Å². The molecule has 0 bridgehead atoms. The van der Waals surface area contributed by atoms with Crippen LogP contribution in [0.3, 0.4) is 0 Å². The van der Waals surface area contributed by atoms with Crippen molar-refractivity contribution in [3.05, 3.63) is 82.1 Å². The minimum absolute atomic E-state index is 0.105. The maximum absolute atomic E-state index is 13.8. The number of halogens is 6. The Morgan fingerprint density at radius 3 is 2.34 bits per heavy atom. The number of ether oxygens (including phenoxy) is 1. The number of carbonyl (C=O) groups is 1. The fourth-order valence-corrected chi connectivity index (χ4v) is 3.91. The van der Waals surface area contributed by atoms with Gasteiger partial charge in [-0.25, -0.2) is 4.79 Å². The van der Waals surface area contributed by atoms with Gasteiger partial charge in [0.15, 0.2) is 5.96 Å². The summed E-state index contributed by atoms with van der Waals surface area (Å²) in [4.78, 5) is 18.5. The number of methoxy groups -OCH3 is 1. The van der Waals surface area contributed by atoms with Crippen molar-refractivity contribution in [1.29, 1.82) is 0 Å². The Balaban J connectivity index is 2.16. The highest BCUT2D eigenvalue weighted by Crippen LogP contribution is 2.40. The summed E-state index contributed by atoms with van der Waals surface area (Å²) in [5.74, 6) is -0.751. The van der Waals surface area contributed by atoms with Gasteiger partial charge in [-0.15, -0.1) is 0 Å². The number of hydrogen-bond acceptors (Lipinski definition) is 3. The first-order valence-corrected chi connectivity index (χ1v) is 10.6. The number of alkyl halides is 6. The van der Waals surface area contributed by atoms with Crippen LogP contribution in [0.2, 0.25) is 0 Å². The van der Waals surface area contributed by atoms with E-state index in [4.69, 9.17) is 4.74 Å². The first kappa shape index (κ1) is 26.1. The average Bonchev–Trinajstić information content (AvgIpc) is 2.80. The summed E-state index contributed by atoms with van der Waals surface area (Å²) in [6.45, 7) is 3.31. The number of benzene rings is 2. The summed E-state index contributed by atoms with van der Waals surface area (Å²) >= 11 is 0. The van der Waals surface area contributed by atoms with E-state index in [0.29, 0.717) is 0 Å². The van der Waals surface area contributed by atoms with Gasteiger partial charge in [-0.05, 0) is 43.2 Å². The molecule has 5 nitrogen and oxygen atoms in total. The Bertz CT molecular complexity index is 1150. The van der Waals surface area contributed by atoms with Gasteiger partial charge in [0.2, 0.25) is 0 Å². The highest BCUT2D eigenvalue weighted by molar-refractivity contribution is 5.96. The van der Waals surface area contributed by atoms with Crippen molar-refractivity contribution in [2.75, 3.05) is 13.7 Å². The third kappa shape index (κ3) is 5.60. The van der Waals surface area contributed by atoms with E-state index in [9.17, 15) is 31.1 Å². The molecule has 0 radical (unpaired) electrons. The first-order chi connectivity index (χ1) is 16.4. The lowest BCUT2D eigenvalue weighted by molar-refractivity contribution is -0.140. The van der Waals surface area contributed by atoms with E-state index in [-0.39, 0.29) is 41.4 Å². The van der Waals surface area contributed by atoms with Gasteiger partial charge in [0.1, 0.15) is 0 Å². The molecule has 1 N–H and O–H groups in total. The molecule has 1 aliphatic heterocycles. The topological polar surface area (TPSA) is 53.9 Å². The van der Waals surface area contributed by atoms with Crippen LogP contribution in [-0.2, 0) is 28.4 Å². The number of rotatable bonds is 5. The third-order valence-electron chi connectivity index (χ3n) is 5.50. The Morgan fingerprint density at radius 2 is 1.74 bits per heavy atom. The lowest BCUT2D eigenvalue weighted by Gasteiger charge is -2.38. The Labute approximate surface area is 198 Å². The number of guanidine groups is 1. The van der Waals surface area contributed by atoms with Crippen molar-refractivity contribution in [3.63, 3.8) is 0 Å². The average molecular weight is 499 g/mol. The van der Waals surface area contributed by atoms with Gasteiger partial charge in [0, 0.05) is 12.2 Å². The van der Waals surface area contributed by atoms with Gasteiger partial charge in [-0.1, -0.05) is 30.3 Å². The van der Waals surface area contributed by atoms with E-state index < -0.39 is 35.5 Å². The lowest BCUT2D eigenvalue weighted by Crippen LogP contribution is -2.49. The van der Waals surface area contributed by atoms with Crippen molar-refractivity contribution in [1.82, 2.24) is 10.2 Å². The fraction of sp³-hybridized carbons (Fsp3) is 0.333. The molecule has 1 unspecified atom stereocenters. The maximum atomic E-state index is 13.8. The van der Waals surface area contributed by atoms with E-state index in [0.717, 1.165) is 25.3 Å². The molecule has 0 saturated heterocycles. The molecule has 0 aliphatic carbocycles. The van der Waals surface area contributed by atoms with Crippen molar-refractivity contribution in [2.45, 2.75) is 38.8 Å². The van der Waals surface area contributed by atoms with Crippen molar-refractivity contribution in [2.24, 2.45) is 4.99 Å². The summed E-state index contributed by atoms with van der Waals surface area (Å²) in [5, 5.41) is 2.89. The molecule has 1 atom stereocenters. The third-order valence-corrected chi connectivity index (χ3v) is 5.50. The van der Waals surface area contributed by atoms with Crippen LogP contribution in [0.5, 0.6) is 0 Å². The zero-order valence-electron chi connectivity index (χ0n) is 19.1. The molecule has 0 saturated carbocycles. The second-order valence-electron chi connectivity index (χ2n) is 7.74. The standard InChI is InChI=1S/C24H23F6N3O2/c1-4-31-22-32-20(17-10-5-6-11-18(17)24(28,29)30)19(21(34)35-3)14(2)33(22)13-15-8-7-9-16(12-15)23(25,26)27/h5-12,20H,4,13H2,1-3H3,(H,31,32). The Morgan fingerprint density at radius 1 is 1.06 bits per heavy atom. The van der Waals surface area contributed by atoms with Crippen LogP contribution in [0.1, 0.15) is 42.1 Å². The fourth-order valence-electron chi connectivity index (χ4n) is 3.91. The molecule has 188 valence electrons. The maximum Gasteiger partial charge on any atom is 0.416 e. The molecule has 3 rings (SSSR count). The Hall–Kier alpha value is -3.50. The molecule has 0 aromatic heterocycles. The van der Waals surface area contributed by atoms with Gasteiger partial charge in [-0.2, -0.15) is 26.3 Å². The SMILES string of the molecule is CCN=C1NC(c2ccccc2C(F)(F)F)C(C(=O)OC)=C(C)N1Cc1cccc(C(F)(F)F)c1. The van der Waals surface area contributed by atoms with E-state index in [1.807, 2.05) is 0 Å². The molecule has 35 heavy (non-hydrogen) atoms. The summed E-state index contributed by atoms with van der Waals surface area (Å²) in [7, 11) is 1.10. The lowest BCUT2D eigenvalue weighted by atomic mass is 9.91. The zero-order valence-corrected chi connectivity index (χ0v) is 19.1. The molecule has 11 heteroatoms. The molecule has 0 amide bonds. The highest BCUT2D eigenvalue weighted by atomic mass is 19.4. The van der Waals surface area contributed by atoms with Crippen LogP contribution in [0.25, 0.3) is 0 Å². The van der Waals surface area contributed by atoms with Gasteiger partial charge < -0.3 is 15.0 Å². The molecule has 0 spiro atoms. The zero-order chi connectivity index (χ0) is 26.0. The first-order valence-electron chi connectivity index (χ1n) is 10.6. The summed E-state index contributed by atoms with van der Waals surface area (Å²) < 4.78 is 85.7. The van der Waals surface area contributed by atoms with Crippen molar-refractivity contribution >= 4 is 11.9 Å². The second kappa shape index (κ2) is 10.0. The molecular weight excluding hydrogens is 476 g/mol. The van der Waals surface area contributed by atoms with Crippen LogP contribution in [0.4, 0.5) is 26.3 Å². The van der Waals surface area contributed by atoms with E-state index in [1.54, 1.807) is 6.92 Å². The van der Waals surface area contributed by atoms with Crippen molar-refractivity contribution in [3.8, 4) is 0 Å². The predicted octanol–water partition coefficient (Wildman–Crippen LogP) is 5.69. The van der Waals surface area contributed by atoms with Crippen LogP contribution < -0.4 is 5.32 Å². The molecule has 0 fully saturated rings. The quantitative estimate of drug-likeness (QED) is 0.424. The number of esters is 1. The van der Waals surface area contributed by atoms with Gasteiger partial charge in [0.05, 0.1) is 36.4 Å². The molecule has 2 aromatic carbocycles. The van der Waals surface area contributed by atoms with Gasteiger partial charge >= 0.3 is 18.3 Å². The number of nitrogens with one attached hydrogen (secondary N) is 1. The summed E-state index contributed by atoms with van der Waals surface area (Å²) in [6.07, 6.45) is -9.24. The van der Waals surface area contributed by atoms with Gasteiger partial charge in [0.25, 0.3) is 0 Å². The minimum Gasteiger partial charge on any atom is -0.466 e. The van der Waals surface area contributed by atoms with Crippen LogP contribution in [0.15, 0.2) is 64.8 Å². The number of nitrogens with zero attached hydrogens (tertiary/aromatic N) is 2. The normalized spacial score (nSPS) is 18.0. The van der Waals surface area contributed by atoms with Crippen molar-refractivity contribution < 1.29 is 35.9 Å². The number of aliphatic imine (C=N–C) groups is 1. The Kier molecular flexibility index (Phi) is 7.47. The van der Waals surface area contributed by atoms with Gasteiger partial charge in [-0.3, -0.25) is 4.99 Å². The predicted molar refractivity (Wildman–Crippen MR) is 117 cm³/mol. The monoisotopic (exact) mass is 499 g/mol. The highest BCUT2D eigenvalue weighted by Gasteiger charge is 2.41. The number of carbonyl (C=O) groups excluding carboxylic acids is 1. The summed E-state index contributed by atoms with van der Waals surface area (Å²) in [6, 6.07) is 8.22. The van der Waals surface area contributed by atoms with Crippen LogP contribution >= 0.6 is 0 Å². The van der Waals surface area contributed by atoms with E-state index in [2.05, 4.69) is 10.3 Å². The van der Waals surface area contributed by atoms with E-state index in [1.165, 1.54) is 42.2 Å². The smallest absolute Gasteiger partial charge is 0.416 e. The number of hydrogen-bond donors (Lipinski definition) is 1. The van der Waals surface area contributed by atoms with Crippen LogP contribution in [0, 0.1) is 0 Å².